The minimum atomic E-state index is -0.252. The Morgan fingerprint density at radius 2 is 1.65 bits per heavy atom. The van der Waals surface area contributed by atoms with Gasteiger partial charge in [0.1, 0.15) is 0 Å². The quantitative estimate of drug-likeness (QED) is 0.660. The van der Waals surface area contributed by atoms with Crippen LogP contribution in [0.15, 0.2) is 12.1 Å². The molecular weight excluding hydrogens is 330 g/mol. The monoisotopic (exact) mass is 363 g/mol. The molecule has 0 aliphatic rings. The number of aliphatic hydroxyl groups excluding tert-OH is 1. The Balaban J connectivity index is 2.55. The minimum absolute atomic E-state index is 0.00414. The van der Waals surface area contributed by atoms with E-state index in [1.165, 1.54) is 0 Å². The first-order chi connectivity index (χ1) is 12.0. The van der Waals surface area contributed by atoms with E-state index in [4.69, 9.17) is 5.11 Å². The van der Waals surface area contributed by atoms with E-state index in [1.807, 2.05) is 37.8 Å². The highest BCUT2D eigenvalue weighted by Crippen LogP contribution is 2.21. The molecule has 1 rings (SSSR count). The van der Waals surface area contributed by atoms with E-state index in [1.54, 1.807) is 0 Å². The van der Waals surface area contributed by atoms with Gasteiger partial charge in [-0.3, -0.25) is 14.5 Å². The van der Waals surface area contributed by atoms with Gasteiger partial charge >= 0.3 is 0 Å². The number of hydrogen-bond donors (Lipinski definition) is 3. The standard InChI is InChI=1S/C20H33N3O3/c1-14-9-15(2)19(16(3)10-14)22-17(25)11-21-18(26)12-23(7-8-24)13-20(4,5)6/h9-10,24H,7-8,11-13H2,1-6H3,(H,21,26)(H,22,25). The number of nitrogens with zero attached hydrogens (tertiary/aromatic N) is 1. The molecule has 0 bridgehead atoms. The number of rotatable bonds is 8. The number of carbonyl (C=O) groups excluding carboxylic acids is 2. The second-order valence-corrected chi connectivity index (χ2v) is 8.09. The zero-order valence-corrected chi connectivity index (χ0v) is 16.9. The van der Waals surface area contributed by atoms with Crippen LogP contribution < -0.4 is 10.6 Å². The number of anilines is 1. The molecule has 3 N–H and O–H groups in total. The number of benzene rings is 1. The average Bonchev–Trinajstić information content (AvgIpc) is 2.47. The van der Waals surface area contributed by atoms with Crippen molar-refractivity contribution in [2.24, 2.45) is 5.41 Å². The molecule has 0 aromatic heterocycles. The van der Waals surface area contributed by atoms with Crippen LogP contribution in [0.3, 0.4) is 0 Å². The van der Waals surface area contributed by atoms with Gasteiger partial charge in [0.15, 0.2) is 0 Å². The Hall–Kier alpha value is -1.92. The second kappa shape index (κ2) is 9.69. The maximum atomic E-state index is 12.2. The lowest BCUT2D eigenvalue weighted by Crippen LogP contribution is -2.44. The number of nitrogens with one attached hydrogen (secondary N) is 2. The van der Waals surface area contributed by atoms with Crippen molar-refractivity contribution >= 4 is 17.5 Å². The van der Waals surface area contributed by atoms with Crippen molar-refractivity contribution in [2.45, 2.75) is 41.5 Å². The van der Waals surface area contributed by atoms with Gasteiger partial charge < -0.3 is 15.7 Å². The molecule has 6 heteroatoms. The highest BCUT2D eigenvalue weighted by atomic mass is 16.3. The Labute approximate surface area is 157 Å². The molecule has 0 radical (unpaired) electrons. The van der Waals surface area contributed by atoms with Crippen LogP contribution in [0.5, 0.6) is 0 Å². The number of hydrogen-bond acceptors (Lipinski definition) is 4. The van der Waals surface area contributed by atoms with Crippen LogP contribution in [0.1, 0.15) is 37.5 Å². The molecule has 0 atom stereocenters. The molecule has 1 aromatic carbocycles. The van der Waals surface area contributed by atoms with Gasteiger partial charge in [-0.15, -0.1) is 0 Å². The normalized spacial score (nSPS) is 11.5. The summed E-state index contributed by atoms with van der Waals surface area (Å²) in [5.41, 5.74) is 3.97. The van der Waals surface area contributed by atoms with Crippen LogP contribution >= 0.6 is 0 Å². The maximum absolute atomic E-state index is 12.2. The van der Waals surface area contributed by atoms with E-state index in [2.05, 4.69) is 31.4 Å². The van der Waals surface area contributed by atoms with Crippen LogP contribution in [-0.2, 0) is 9.59 Å². The first-order valence-corrected chi connectivity index (χ1v) is 8.99. The van der Waals surface area contributed by atoms with Crippen LogP contribution in [0.4, 0.5) is 5.69 Å². The van der Waals surface area contributed by atoms with Gasteiger partial charge in [0.05, 0.1) is 19.7 Å². The Morgan fingerprint density at radius 3 is 2.15 bits per heavy atom. The van der Waals surface area contributed by atoms with E-state index in [9.17, 15) is 9.59 Å². The van der Waals surface area contributed by atoms with Gasteiger partial charge in [-0.25, -0.2) is 0 Å². The number of aliphatic hydroxyl groups is 1. The Morgan fingerprint density at radius 1 is 1.08 bits per heavy atom. The van der Waals surface area contributed by atoms with Crippen LogP contribution in [0.2, 0.25) is 0 Å². The van der Waals surface area contributed by atoms with Gasteiger partial charge in [-0.1, -0.05) is 38.5 Å². The molecule has 146 valence electrons. The lowest BCUT2D eigenvalue weighted by atomic mass is 9.96. The SMILES string of the molecule is Cc1cc(C)c(NC(=O)CNC(=O)CN(CCO)CC(C)(C)C)c(C)c1. The molecule has 0 fully saturated rings. The predicted octanol–water partition coefficient (Wildman–Crippen LogP) is 2.01. The van der Waals surface area contributed by atoms with Gasteiger partial charge in [0.2, 0.25) is 11.8 Å². The van der Waals surface area contributed by atoms with Crippen LogP contribution in [-0.4, -0.2) is 54.6 Å². The van der Waals surface area contributed by atoms with E-state index < -0.39 is 0 Å². The second-order valence-electron chi connectivity index (χ2n) is 8.09. The summed E-state index contributed by atoms with van der Waals surface area (Å²) in [6.45, 7) is 13.4. The van der Waals surface area contributed by atoms with Gasteiger partial charge in [-0.2, -0.15) is 0 Å². The molecular formula is C20H33N3O3. The first-order valence-electron chi connectivity index (χ1n) is 8.99. The molecule has 0 aliphatic carbocycles. The molecule has 6 nitrogen and oxygen atoms in total. The largest absolute Gasteiger partial charge is 0.395 e. The molecule has 0 aliphatic heterocycles. The van der Waals surface area contributed by atoms with Gasteiger partial charge in [-0.05, 0) is 37.3 Å². The molecule has 2 amide bonds. The van der Waals surface area contributed by atoms with Crippen molar-refractivity contribution in [3.63, 3.8) is 0 Å². The smallest absolute Gasteiger partial charge is 0.243 e. The fraction of sp³-hybridized carbons (Fsp3) is 0.600. The molecule has 0 saturated carbocycles. The van der Waals surface area contributed by atoms with E-state index in [0.717, 1.165) is 22.4 Å². The molecule has 26 heavy (non-hydrogen) atoms. The van der Waals surface area contributed by atoms with Crippen molar-refractivity contribution in [1.82, 2.24) is 10.2 Å². The molecule has 1 aromatic rings. The third-order valence-corrected chi connectivity index (χ3v) is 3.87. The summed E-state index contributed by atoms with van der Waals surface area (Å²) in [6.07, 6.45) is 0. The van der Waals surface area contributed by atoms with Crippen LogP contribution in [0, 0.1) is 26.2 Å². The highest BCUT2D eigenvalue weighted by molar-refractivity contribution is 5.96. The number of amides is 2. The van der Waals surface area contributed by atoms with E-state index in [-0.39, 0.29) is 36.9 Å². The maximum Gasteiger partial charge on any atom is 0.243 e. The third-order valence-electron chi connectivity index (χ3n) is 3.87. The summed E-state index contributed by atoms with van der Waals surface area (Å²) in [5, 5.41) is 14.7. The molecule has 0 unspecified atom stereocenters. The number of carbonyl (C=O) groups is 2. The third kappa shape index (κ3) is 7.97. The summed E-state index contributed by atoms with van der Waals surface area (Å²) in [5.74, 6) is -0.479. The van der Waals surface area contributed by atoms with E-state index in [0.29, 0.717) is 13.1 Å². The van der Waals surface area contributed by atoms with Crippen molar-refractivity contribution in [3.8, 4) is 0 Å². The minimum Gasteiger partial charge on any atom is -0.395 e. The zero-order valence-electron chi connectivity index (χ0n) is 16.9. The van der Waals surface area contributed by atoms with Crippen molar-refractivity contribution in [1.29, 1.82) is 0 Å². The lowest BCUT2D eigenvalue weighted by Gasteiger charge is -2.28. The summed E-state index contributed by atoms with van der Waals surface area (Å²) in [6, 6.07) is 4.03. The summed E-state index contributed by atoms with van der Waals surface area (Å²) in [4.78, 5) is 26.2. The molecule has 0 spiro atoms. The van der Waals surface area contributed by atoms with Crippen LogP contribution in [0.25, 0.3) is 0 Å². The van der Waals surface area contributed by atoms with Gasteiger partial charge in [0, 0.05) is 18.8 Å². The zero-order chi connectivity index (χ0) is 19.9. The van der Waals surface area contributed by atoms with Crippen molar-refractivity contribution in [2.75, 3.05) is 38.1 Å². The Kier molecular flexibility index (Phi) is 8.24. The van der Waals surface area contributed by atoms with Gasteiger partial charge in [0.25, 0.3) is 0 Å². The fourth-order valence-corrected chi connectivity index (χ4v) is 3.02. The lowest BCUT2D eigenvalue weighted by molar-refractivity contribution is -0.125. The molecule has 0 heterocycles. The fourth-order valence-electron chi connectivity index (χ4n) is 3.02. The topological polar surface area (TPSA) is 81.7 Å². The summed E-state index contributed by atoms with van der Waals surface area (Å²) >= 11 is 0. The van der Waals surface area contributed by atoms with Crippen molar-refractivity contribution < 1.29 is 14.7 Å². The molecule has 0 saturated heterocycles. The summed E-state index contributed by atoms with van der Waals surface area (Å²) in [7, 11) is 0. The summed E-state index contributed by atoms with van der Waals surface area (Å²) < 4.78 is 0. The predicted molar refractivity (Wildman–Crippen MR) is 105 cm³/mol. The average molecular weight is 364 g/mol. The van der Waals surface area contributed by atoms with Crippen molar-refractivity contribution in [3.05, 3.63) is 28.8 Å². The van der Waals surface area contributed by atoms with E-state index >= 15 is 0 Å². The highest BCUT2D eigenvalue weighted by Gasteiger charge is 2.19. The Bertz CT molecular complexity index is 613. The first kappa shape index (κ1) is 22.1. The number of aryl methyl sites for hydroxylation is 3.